The van der Waals surface area contributed by atoms with Gasteiger partial charge in [-0.15, -0.1) is 0 Å². The highest BCUT2D eigenvalue weighted by molar-refractivity contribution is 8.02. The topological polar surface area (TPSA) is 163 Å². The van der Waals surface area contributed by atoms with Gasteiger partial charge in [0.2, 0.25) is 15.1 Å². The lowest BCUT2D eigenvalue weighted by Crippen LogP contribution is -2.25. The molecule has 34 heavy (non-hydrogen) atoms. The number of sulfonamides is 1. The molecule has 0 fully saturated rings. The van der Waals surface area contributed by atoms with Crippen LogP contribution in [0.1, 0.15) is 11.9 Å². The lowest BCUT2D eigenvalue weighted by molar-refractivity contribution is -0.0269. The van der Waals surface area contributed by atoms with Gasteiger partial charge >= 0.3 is 0 Å². The maximum atomic E-state index is 12.0. The number of nitrogen functional groups attached to an aromatic ring is 1. The van der Waals surface area contributed by atoms with Crippen LogP contribution in [0.15, 0.2) is 59.4 Å². The molecule has 4 N–H and O–H groups in total. The van der Waals surface area contributed by atoms with Gasteiger partial charge in [-0.3, -0.25) is 5.10 Å². The van der Waals surface area contributed by atoms with Crippen molar-refractivity contribution in [1.29, 1.82) is 0 Å². The zero-order chi connectivity index (χ0) is 23.7. The van der Waals surface area contributed by atoms with E-state index in [1.165, 1.54) is 31.4 Å². The van der Waals surface area contributed by atoms with Crippen LogP contribution < -0.4 is 10.5 Å². The number of aromatic nitrogens is 6. The van der Waals surface area contributed by atoms with Gasteiger partial charge in [-0.1, -0.05) is 24.3 Å². The first kappa shape index (κ1) is 22.2. The summed E-state index contributed by atoms with van der Waals surface area (Å²) in [7, 11) is -2.08. The Morgan fingerprint density at radius 3 is 2.91 bits per heavy atom. The average molecular weight is 501 g/mol. The van der Waals surface area contributed by atoms with Crippen molar-refractivity contribution in [2.24, 2.45) is 0 Å². The van der Waals surface area contributed by atoms with Crippen molar-refractivity contribution in [2.45, 2.75) is 18.0 Å². The Bertz CT molecular complexity index is 1470. The number of hydrogen-bond acceptors (Lipinski definition) is 10. The Kier molecular flexibility index (Phi) is 5.85. The fourth-order valence-corrected chi connectivity index (χ4v) is 4.90. The van der Waals surface area contributed by atoms with E-state index >= 15 is 0 Å². The van der Waals surface area contributed by atoms with Crippen molar-refractivity contribution in [2.75, 3.05) is 18.5 Å². The van der Waals surface area contributed by atoms with E-state index in [4.69, 9.17) is 15.2 Å². The fourth-order valence-electron chi connectivity index (χ4n) is 3.43. The molecular formula is C20H20N8O4S2. The van der Waals surface area contributed by atoms with Crippen LogP contribution in [-0.4, -0.2) is 50.9 Å². The van der Waals surface area contributed by atoms with Crippen molar-refractivity contribution >= 4 is 38.8 Å². The van der Waals surface area contributed by atoms with Gasteiger partial charge in [0.1, 0.15) is 12.6 Å². The standard InChI is InChI=1S/C20H20N8O4S2/c1-22-34(29,30)9-8-28-18-16(17(21)23-11-24-18)26-20(28)33-15-10-31-19(32-15)13-5-3-2-4-12(13)14-6-7-25-27-14/h2-7,10-11,19,22H,8-9H2,1H3,(H,25,27)(H2,21,23,24). The Morgan fingerprint density at radius 1 is 1.26 bits per heavy atom. The summed E-state index contributed by atoms with van der Waals surface area (Å²) in [5.74, 6) is 0.0353. The molecular weight excluding hydrogens is 480 g/mol. The van der Waals surface area contributed by atoms with E-state index in [0.717, 1.165) is 16.8 Å². The second-order valence-electron chi connectivity index (χ2n) is 7.17. The minimum Gasteiger partial charge on any atom is -0.454 e. The highest BCUT2D eigenvalue weighted by Crippen LogP contribution is 2.40. The number of nitrogens with zero attached hydrogens (tertiary/aromatic N) is 5. The SMILES string of the molecule is CNS(=O)(=O)CCn1c(SC2=COC(c3ccccc3-c3cc[nH]n3)O2)nc2c(N)ncnc21. The Morgan fingerprint density at radius 2 is 2.12 bits per heavy atom. The van der Waals surface area contributed by atoms with Crippen LogP contribution >= 0.6 is 11.8 Å². The predicted molar refractivity (Wildman–Crippen MR) is 125 cm³/mol. The minimum absolute atomic E-state index is 0.109. The van der Waals surface area contributed by atoms with Crippen molar-refractivity contribution < 1.29 is 17.9 Å². The van der Waals surface area contributed by atoms with Crippen LogP contribution in [0, 0.1) is 0 Å². The first-order valence-corrected chi connectivity index (χ1v) is 12.6. The summed E-state index contributed by atoms with van der Waals surface area (Å²) in [5, 5.41) is 7.95. The van der Waals surface area contributed by atoms with Crippen LogP contribution in [0.4, 0.5) is 5.82 Å². The van der Waals surface area contributed by atoms with Gasteiger partial charge in [0.15, 0.2) is 22.1 Å². The number of aryl methyl sites for hydroxylation is 1. The van der Waals surface area contributed by atoms with Crippen LogP contribution in [0.2, 0.25) is 0 Å². The molecule has 0 bridgehead atoms. The number of fused-ring (bicyclic) bond motifs is 1. The van der Waals surface area contributed by atoms with Crippen LogP contribution in [0.3, 0.4) is 0 Å². The second-order valence-corrected chi connectivity index (χ2v) is 10.2. The van der Waals surface area contributed by atoms with Crippen LogP contribution in [-0.2, 0) is 26.0 Å². The highest BCUT2D eigenvalue weighted by atomic mass is 32.2. The van der Waals surface area contributed by atoms with Gasteiger partial charge in [0.25, 0.3) is 6.29 Å². The van der Waals surface area contributed by atoms with Crippen LogP contribution in [0.25, 0.3) is 22.4 Å². The van der Waals surface area contributed by atoms with Gasteiger partial charge in [-0.2, -0.15) is 5.10 Å². The maximum absolute atomic E-state index is 12.0. The van der Waals surface area contributed by atoms with E-state index in [1.54, 1.807) is 10.8 Å². The predicted octanol–water partition coefficient (Wildman–Crippen LogP) is 1.98. The number of imidazole rings is 1. The first-order valence-electron chi connectivity index (χ1n) is 10.1. The number of hydrogen-bond donors (Lipinski definition) is 3. The quantitative estimate of drug-likeness (QED) is 0.326. The molecule has 5 rings (SSSR count). The molecule has 1 aromatic carbocycles. The largest absolute Gasteiger partial charge is 0.454 e. The van der Waals surface area contributed by atoms with Crippen LogP contribution in [0.5, 0.6) is 0 Å². The zero-order valence-corrected chi connectivity index (χ0v) is 19.5. The summed E-state index contributed by atoms with van der Waals surface area (Å²) in [6.45, 7) is 0.109. The van der Waals surface area contributed by atoms with E-state index in [2.05, 4.69) is 29.9 Å². The van der Waals surface area contributed by atoms with Crippen molar-refractivity contribution in [3.63, 3.8) is 0 Å². The molecule has 0 radical (unpaired) electrons. The number of thioether (sulfide) groups is 1. The fraction of sp³-hybridized carbons (Fsp3) is 0.200. The minimum atomic E-state index is -3.45. The summed E-state index contributed by atoms with van der Waals surface area (Å²) >= 11 is 1.18. The molecule has 12 nitrogen and oxygen atoms in total. The normalized spacial score (nSPS) is 15.8. The molecule has 3 aromatic heterocycles. The second kappa shape index (κ2) is 8.96. The number of benzene rings is 1. The van der Waals surface area contributed by atoms with Gasteiger partial charge < -0.3 is 19.8 Å². The number of ether oxygens (including phenoxy) is 2. The summed E-state index contributed by atoms with van der Waals surface area (Å²) in [6.07, 6.45) is 3.88. The molecule has 1 aliphatic rings. The third-order valence-corrected chi connectivity index (χ3v) is 7.34. The van der Waals surface area contributed by atoms with Crippen molar-refractivity contribution in [1.82, 2.24) is 34.4 Å². The van der Waals surface area contributed by atoms with E-state index in [-0.39, 0.29) is 18.1 Å². The summed E-state index contributed by atoms with van der Waals surface area (Å²) in [4.78, 5) is 12.8. The average Bonchev–Trinajstić information content (AvgIpc) is 3.59. The van der Waals surface area contributed by atoms with E-state index in [9.17, 15) is 8.42 Å². The number of nitrogens with one attached hydrogen (secondary N) is 2. The van der Waals surface area contributed by atoms with E-state index in [0.29, 0.717) is 21.4 Å². The first-order chi connectivity index (χ1) is 16.4. The number of aromatic amines is 1. The third-order valence-electron chi connectivity index (χ3n) is 5.11. The molecule has 0 amide bonds. The molecule has 4 aromatic rings. The summed E-state index contributed by atoms with van der Waals surface area (Å²) < 4.78 is 39.8. The van der Waals surface area contributed by atoms with E-state index in [1.807, 2.05) is 30.3 Å². The molecule has 0 saturated heterocycles. The molecule has 1 atom stereocenters. The molecule has 176 valence electrons. The number of nitrogens with two attached hydrogens (primary N) is 1. The molecule has 1 unspecified atom stereocenters. The zero-order valence-electron chi connectivity index (χ0n) is 17.9. The number of anilines is 1. The molecule has 0 spiro atoms. The summed E-state index contributed by atoms with van der Waals surface area (Å²) in [6, 6.07) is 9.52. The number of H-pyrrole nitrogens is 1. The lowest BCUT2D eigenvalue weighted by atomic mass is 10.0. The number of rotatable bonds is 8. The Labute approximate surface area is 198 Å². The summed E-state index contributed by atoms with van der Waals surface area (Å²) in [5.41, 5.74) is 9.24. The molecule has 4 heterocycles. The molecule has 14 heteroatoms. The monoisotopic (exact) mass is 500 g/mol. The molecule has 0 aliphatic carbocycles. The third kappa shape index (κ3) is 4.30. The van der Waals surface area contributed by atoms with Gasteiger partial charge in [0, 0.05) is 23.9 Å². The Balaban J connectivity index is 1.41. The highest BCUT2D eigenvalue weighted by Gasteiger charge is 2.28. The Hall–Kier alpha value is -3.62. The lowest BCUT2D eigenvalue weighted by Gasteiger charge is -2.15. The smallest absolute Gasteiger partial charge is 0.268 e. The van der Waals surface area contributed by atoms with Gasteiger partial charge in [-0.05, 0) is 24.9 Å². The van der Waals surface area contributed by atoms with E-state index < -0.39 is 16.3 Å². The van der Waals surface area contributed by atoms with Crippen molar-refractivity contribution in [3.8, 4) is 11.3 Å². The molecule has 1 aliphatic heterocycles. The molecule has 0 saturated carbocycles. The van der Waals surface area contributed by atoms with Gasteiger partial charge in [0.05, 0.1) is 11.4 Å². The maximum Gasteiger partial charge on any atom is 0.268 e. The van der Waals surface area contributed by atoms with Crippen molar-refractivity contribution in [3.05, 3.63) is 59.8 Å². The van der Waals surface area contributed by atoms with Gasteiger partial charge in [-0.25, -0.2) is 28.1 Å².